The highest BCUT2D eigenvalue weighted by molar-refractivity contribution is 6.73. The molecule has 2 nitrogen and oxygen atoms in total. The second kappa shape index (κ2) is 16.2. The number of benzene rings is 7. The average Bonchev–Trinajstić information content (AvgIpc) is 3.87. The van der Waals surface area contributed by atoms with E-state index in [9.17, 15) is 0 Å². The van der Waals surface area contributed by atoms with E-state index in [-0.39, 0.29) is 10.8 Å². The molecule has 353 valence electrons. The average molecular weight is 932 g/mol. The van der Waals surface area contributed by atoms with Crippen molar-refractivity contribution < 1.29 is 0 Å². The van der Waals surface area contributed by atoms with E-state index in [4.69, 9.17) is 0 Å². The summed E-state index contributed by atoms with van der Waals surface area (Å²) in [6.07, 6.45) is 21.7. The van der Waals surface area contributed by atoms with Gasteiger partial charge in [-0.1, -0.05) is 166 Å². The van der Waals surface area contributed by atoms with Crippen LogP contribution in [0.5, 0.6) is 0 Å². The predicted octanol–water partition coefficient (Wildman–Crippen LogP) is 16.5. The van der Waals surface area contributed by atoms with Crippen molar-refractivity contribution in [3.63, 3.8) is 0 Å². The molecule has 3 heteroatoms. The summed E-state index contributed by atoms with van der Waals surface area (Å²) in [4.78, 5) is 2.62. The fraction of sp³-hybridized carbons (Fsp3) is 0.246. The highest BCUT2D eigenvalue weighted by Crippen LogP contribution is 2.60. The quantitative estimate of drug-likeness (QED) is 0.132. The van der Waals surface area contributed by atoms with Gasteiger partial charge in [-0.25, -0.2) is 0 Å². The Bertz CT molecular complexity index is 3650. The smallest absolute Gasteiger partial charge is 0.197 e. The summed E-state index contributed by atoms with van der Waals surface area (Å²) in [6, 6.07) is 45.2. The van der Waals surface area contributed by atoms with Gasteiger partial charge in [0.2, 0.25) is 0 Å². The molecule has 1 atom stereocenters. The number of fused-ring (bicyclic) bond motifs is 11. The highest BCUT2D eigenvalue weighted by Gasteiger charge is 2.50. The fourth-order valence-electron chi connectivity index (χ4n) is 14.1. The van der Waals surface area contributed by atoms with E-state index in [1.54, 1.807) is 0 Å². The van der Waals surface area contributed by atoms with Crippen molar-refractivity contribution in [3.05, 3.63) is 230 Å². The molecule has 4 aliphatic carbocycles. The molecule has 1 spiro atoms. The maximum absolute atomic E-state index is 4.24. The molecular formula is C69H64BN2. The molecule has 0 fully saturated rings. The minimum absolute atomic E-state index is 0.0850. The Balaban J connectivity index is 1.09. The van der Waals surface area contributed by atoms with E-state index >= 15 is 0 Å². The molecule has 72 heavy (non-hydrogen) atoms. The van der Waals surface area contributed by atoms with Gasteiger partial charge in [0.05, 0.1) is 11.1 Å². The van der Waals surface area contributed by atoms with Crippen LogP contribution in [0.3, 0.4) is 0 Å². The molecule has 2 heterocycles. The van der Waals surface area contributed by atoms with Gasteiger partial charge in [-0.05, 0) is 202 Å². The largest absolute Gasteiger partial charge is 0.355 e. The van der Waals surface area contributed by atoms with Crippen LogP contribution in [0.15, 0.2) is 169 Å². The van der Waals surface area contributed by atoms with Gasteiger partial charge in [0, 0.05) is 34.7 Å². The molecular weight excluding hydrogens is 868 g/mol. The third kappa shape index (κ3) is 6.61. The zero-order valence-corrected chi connectivity index (χ0v) is 43.6. The van der Waals surface area contributed by atoms with Crippen LogP contribution in [-0.4, -0.2) is 7.28 Å². The second-order valence-corrected chi connectivity index (χ2v) is 23.1. The van der Waals surface area contributed by atoms with Crippen molar-refractivity contribution in [2.45, 2.75) is 111 Å². The van der Waals surface area contributed by atoms with Crippen LogP contribution in [0.25, 0.3) is 39.0 Å². The first kappa shape index (κ1) is 44.8. The van der Waals surface area contributed by atoms with Crippen LogP contribution >= 0.6 is 0 Å². The Hall–Kier alpha value is -7.10. The van der Waals surface area contributed by atoms with Crippen molar-refractivity contribution in [2.24, 2.45) is 0 Å². The van der Waals surface area contributed by atoms with Crippen molar-refractivity contribution in [2.75, 3.05) is 10.2 Å². The maximum Gasteiger partial charge on any atom is 0.197 e. The molecule has 0 aromatic heterocycles. The lowest BCUT2D eigenvalue weighted by Crippen LogP contribution is -2.47. The van der Waals surface area contributed by atoms with Gasteiger partial charge >= 0.3 is 0 Å². The number of anilines is 4. The molecule has 6 aliphatic rings. The van der Waals surface area contributed by atoms with Crippen LogP contribution < -0.4 is 21.1 Å². The molecule has 7 aromatic carbocycles. The third-order valence-corrected chi connectivity index (χ3v) is 17.5. The molecule has 1 unspecified atom stereocenters. The minimum atomic E-state index is -0.431. The lowest BCUT2D eigenvalue weighted by molar-refractivity contribution is 0.332. The van der Waals surface area contributed by atoms with Crippen LogP contribution in [-0.2, 0) is 22.7 Å². The van der Waals surface area contributed by atoms with Crippen LogP contribution in [0.2, 0.25) is 0 Å². The van der Waals surface area contributed by atoms with E-state index < -0.39 is 5.41 Å². The summed E-state index contributed by atoms with van der Waals surface area (Å²) >= 11 is 0. The van der Waals surface area contributed by atoms with Gasteiger partial charge in [-0.15, -0.1) is 0 Å². The molecule has 2 aliphatic heterocycles. The van der Waals surface area contributed by atoms with Crippen molar-refractivity contribution in [1.29, 1.82) is 0 Å². The van der Waals surface area contributed by atoms with Gasteiger partial charge < -0.3 is 10.2 Å². The Morgan fingerprint density at radius 2 is 1.43 bits per heavy atom. The van der Waals surface area contributed by atoms with Crippen LogP contribution in [0, 0.1) is 27.7 Å². The van der Waals surface area contributed by atoms with Gasteiger partial charge in [-0.3, -0.25) is 0 Å². The number of rotatable bonds is 6. The maximum atomic E-state index is 4.24. The zero-order valence-electron chi connectivity index (χ0n) is 43.6. The van der Waals surface area contributed by atoms with Gasteiger partial charge in [0.1, 0.15) is 0 Å². The van der Waals surface area contributed by atoms with Crippen molar-refractivity contribution >= 4 is 46.5 Å². The SMILES string of the molecule is C/C=C\C=C/C1=CC2(C3=C(CCC=C3)c3ccccc32)c2cccc3c2N1c1cc(-c2c(C)cc(C)cc2C)cc(-c2ccc4c(c2Nc2ccc5c(c2)C(C)(C)CCC5(C)C)Cc2ccc(C)cc2-4)c1[B]3. The van der Waals surface area contributed by atoms with E-state index in [1.165, 1.54) is 152 Å². The molecule has 0 saturated carbocycles. The Kier molecular flexibility index (Phi) is 10.1. The zero-order chi connectivity index (χ0) is 49.4. The van der Waals surface area contributed by atoms with E-state index in [1.807, 2.05) is 0 Å². The third-order valence-electron chi connectivity index (χ3n) is 17.5. The second-order valence-electron chi connectivity index (χ2n) is 23.1. The fourth-order valence-corrected chi connectivity index (χ4v) is 14.1. The summed E-state index contributed by atoms with van der Waals surface area (Å²) in [7, 11) is 2.52. The van der Waals surface area contributed by atoms with Gasteiger partial charge in [-0.2, -0.15) is 0 Å². The van der Waals surface area contributed by atoms with Crippen LogP contribution in [0.1, 0.15) is 121 Å². The Morgan fingerprint density at radius 1 is 0.653 bits per heavy atom. The summed E-state index contributed by atoms with van der Waals surface area (Å²) in [5.74, 6) is 0. The van der Waals surface area contributed by atoms with E-state index in [0.29, 0.717) is 0 Å². The normalized spacial score (nSPS) is 19.1. The van der Waals surface area contributed by atoms with Gasteiger partial charge in [0.25, 0.3) is 0 Å². The molecule has 0 amide bonds. The number of nitrogens with one attached hydrogen (secondary N) is 1. The lowest BCUT2D eigenvalue weighted by atomic mass is 9.55. The highest BCUT2D eigenvalue weighted by atomic mass is 15.2. The van der Waals surface area contributed by atoms with Crippen molar-refractivity contribution in [3.8, 4) is 33.4 Å². The molecule has 0 bridgehead atoms. The summed E-state index contributed by atoms with van der Waals surface area (Å²) < 4.78 is 0. The molecule has 13 rings (SSSR count). The molecule has 1 N–H and O–H groups in total. The van der Waals surface area contributed by atoms with Gasteiger partial charge in [0.15, 0.2) is 7.28 Å². The number of hydrogen-bond acceptors (Lipinski definition) is 2. The Morgan fingerprint density at radius 3 is 2.25 bits per heavy atom. The standard InChI is InChI=1S/C69H64BN2/c1-10-11-12-18-48-40-69(56-21-15-13-19-50(56)51-20-14-16-22-57(51)69)59-23-17-24-61-66(59)72(48)62-38-46(63-43(4)33-42(3)34-44(63)5)37-54(64(62)70-61)52-29-28-49-53-35-41(2)25-26-45(53)36-55(49)65(52)71-47-27-30-58-60(39-47)68(8,9)32-31-67(58,6)7/h10-13,15-19,21-30,33-35,37-40,71H,14,20,31-32,36H2,1-9H3/b11-10-,18-12-. The molecule has 1 radical (unpaired) electrons. The van der Waals surface area contributed by atoms with Crippen LogP contribution in [0.4, 0.5) is 22.7 Å². The number of para-hydroxylation sites is 1. The molecule has 7 aromatic rings. The summed E-state index contributed by atoms with van der Waals surface area (Å²) in [5.41, 5.74) is 33.9. The first-order valence-electron chi connectivity index (χ1n) is 26.5. The minimum Gasteiger partial charge on any atom is -0.355 e. The monoisotopic (exact) mass is 932 g/mol. The topological polar surface area (TPSA) is 15.3 Å². The van der Waals surface area contributed by atoms with E-state index in [2.05, 4.69) is 238 Å². The first-order chi connectivity index (χ1) is 34.8. The Labute approximate surface area is 428 Å². The summed E-state index contributed by atoms with van der Waals surface area (Å²) in [6.45, 7) is 20.9. The number of hydrogen-bond donors (Lipinski definition) is 1. The number of allylic oxidation sites excluding steroid dienone is 9. The number of aryl methyl sites for hydroxylation is 4. The number of nitrogens with zero attached hydrogens (tertiary/aromatic N) is 1. The summed E-state index contributed by atoms with van der Waals surface area (Å²) in [5, 5.41) is 4.24. The lowest BCUT2D eigenvalue weighted by Gasteiger charge is -2.46. The predicted molar refractivity (Wildman–Crippen MR) is 308 cm³/mol. The first-order valence-corrected chi connectivity index (χ1v) is 26.5. The van der Waals surface area contributed by atoms with E-state index in [0.717, 1.165) is 24.9 Å². The van der Waals surface area contributed by atoms with Crippen molar-refractivity contribution in [1.82, 2.24) is 0 Å². The molecule has 0 saturated heterocycles.